The first-order valence-corrected chi connectivity index (χ1v) is 10.8. The number of nitrogens with one attached hydrogen (secondary N) is 3. The van der Waals surface area contributed by atoms with Gasteiger partial charge in [-0.15, -0.1) is 0 Å². The van der Waals surface area contributed by atoms with Gasteiger partial charge in [-0.1, -0.05) is 19.1 Å². The van der Waals surface area contributed by atoms with Crippen molar-refractivity contribution in [2.45, 2.75) is 64.7 Å². The summed E-state index contributed by atoms with van der Waals surface area (Å²) in [5.41, 5.74) is 0.473. The van der Waals surface area contributed by atoms with Crippen LogP contribution < -0.4 is 16.0 Å². The number of carbonyl (C=O) groups is 5. The smallest absolute Gasteiger partial charge is 0.409 e. The summed E-state index contributed by atoms with van der Waals surface area (Å²) in [7, 11) is 0. The summed E-state index contributed by atoms with van der Waals surface area (Å²) in [6, 6.07) is 5.23. The molecule has 192 valence electrons. The van der Waals surface area contributed by atoms with Gasteiger partial charge < -0.3 is 34.7 Å². The fraction of sp³-hybridized carbons (Fsp3) is 0.500. The summed E-state index contributed by atoms with van der Waals surface area (Å²) < 4.78 is 21.9. The average Bonchev–Trinajstić information content (AvgIpc) is 2.76. The average molecular weight is 495 g/mol. The second-order valence-corrected chi connectivity index (χ2v) is 7.61. The Bertz CT molecular complexity index is 953. The van der Waals surface area contributed by atoms with Crippen LogP contribution in [0.25, 0.3) is 0 Å². The van der Waals surface area contributed by atoms with Crippen molar-refractivity contribution in [2.75, 3.05) is 17.2 Å². The van der Waals surface area contributed by atoms with E-state index in [1.807, 2.05) is 0 Å². The van der Waals surface area contributed by atoms with E-state index >= 15 is 0 Å². The monoisotopic (exact) mass is 495 g/mol. The highest BCUT2D eigenvalue weighted by molar-refractivity contribution is 5.88. The van der Waals surface area contributed by atoms with Gasteiger partial charge in [-0.25, -0.2) is 4.79 Å². The second-order valence-electron chi connectivity index (χ2n) is 7.61. The molecule has 1 aliphatic rings. The number of carboxylic acid groups (broad SMARTS) is 1. The van der Waals surface area contributed by atoms with Crippen LogP contribution in [0.5, 0.6) is 0 Å². The molecule has 1 unspecified atom stereocenters. The van der Waals surface area contributed by atoms with Crippen molar-refractivity contribution in [2.24, 2.45) is 0 Å². The molecule has 1 aromatic carbocycles. The van der Waals surface area contributed by atoms with Crippen LogP contribution in [-0.2, 0) is 38.1 Å². The molecule has 5 atom stereocenters. The lowest BCUT2D eigenvalue weighted by molar-refractivity contribution is -0.219. The Morgan fingerprint density at radius 1 is 0.943 bits per heavy atom. The predicted octanol–water partition coefficient (Wildman–Crippen LogP) is 1.23. The molecule has 0 bridgehead atoms. The molecule has 13 nitrogen and oxygen atoms in total. The van der Waals surface area contributed by atoms with Crippen LogP contribution in [0.15, 0.2) is 24.3 Å². The standard InChI is InChI=1S/C22H29N3O10/c1-5-17(29)25-18-20(34-13(4)28)19(33-12(3)27)16(10-32-11(2)26)35-21(18)23-14-8-6-7-9-15(14)24-22(30)31/h6-9,16,18-21,23-24H,5,10H2,1-4H3,(H,25,29)(H,30,31)/t16-,18-,19-,20-,21?/m1/s1. The van der Waals surface area contributed by atoms with Crippen LogP contribution in [0.1, 0.15) is 34.1 Å². The Labute approximate surface area is 201 Å². The molecular formula is C22H29N3O10. The minimum absolute atomic E-state index is 0.0856. The van der Waals surface area contributed by atoms with E-state index in [4.69, 9.17) is 24.1 Å². The van der Waals surface area contributed by atoms with E-state index in [0.717, 1.165) is 13.8 Å². The lowest BCUT2D eigenvalue weighted by atomic mass is 9.94. The van der Waals surface area contributed by atoms with E-state index in [1.54, 1.807) is 25.1 Å². The molecule has 2 amide bonds. The molecule has 0 aliphatic carbocycles. The van der Waals surface area contributed by atoms with E-state index < -0.39 is 60.5 Å². The minimum atomic E-state index is -1.31. The molecule has 1 aromatic rings. The number of hydrogen-bond donors (Lipinski definition) is 4. The summed E-state index contributed by atoms with van der Waals surface area (Å²) in [6.07, 6.45) is -5.91. The SMILES string of the molecule is CCC(=O)N[C@H]1C(Nc2ccccc2NC(=O)O)O[C@H](COC(C)=O)[C@@H](OC(C)=O)[C@@H]1OC(C)=O. The maximum Gasteiger partial charge on any atom is 0.409 e. The molecule has 0 saturated carbocycles. The highest BCUT2D eigenvalue weighted by atomic mass is 16.6. The maximum atomic E-state index is 12.3. The molecule has 35 heavy (non-hydrogen) atoms. The molecule has 13 heteroatoms. The Morgan fingerprint density at radius 2 is 1.54 bits per heavy atom. The summed E-state index contributed by atoms with van der Waals surface area (Å²) in [5, 5.41) is 17.1. The van der Waals surface area contributed by atoms with Gasteiger partial charge in [0.15, 0.2) is 18.4 Å². The lowest BCUT2D eigenvalue weighted by Crippen LogP contribution is -2.67. The Morgan fingerprint density at radius 3 is 2.09 bits per heavy atom. The van der Waals surface area contributed by atoms with Crippen LogP contribution in [0.3, 0.4) is 0 Å². The number of para-hydroxylation sites is 2. The highest BCUT2D eigenvalue weighted by Crippen LogP contribution is 2.30. The zero-order valence-corrected chi connectivity index (χ0v) is 19.7. The Kier molecular flexibility index (Phi) is 9.82. The van der Waals surface area contributed by atoms with Crippen molar-refractivity contribution < 1.29 is 48.0 Å². The molecule has 0 aromatic heterocycles. The number of amides is 2. The van der Waals surface area contributed by atoms with Gasteiger partial charge in [-0.3, -0.25) is 24.5 Å². The van der Waals surface area contributed by atoms with E-state index in [1.165, 1.54) is 13.0 Å². The molecular weight excluding hydrogens is 466 g/mol. The van der Waals surface area contributed by atoms with Gasteiger partial charge >= 0.3 is 24.0 Å². The Hall–Kier alpha value is -3.87. The van der Waals surface area contributed by atoms with Gasteiger partial charge in [0.1, 0.15) is 18.8 Å². The van der Waals surface area contributed by atoms with Crippen molar-refractivity contribution in [1.82, 2.24) is 5.32 Å². The quantitative estimate of drug-likeness (QED) is 0.286. The summed E-state index contributed by atoms with van der Waals surface area (Å²) in [6.45, 7) is 4.73. The van der Waals surface area contributed by atoms with Crippen LogP contribution in [0, 0.1) is 0 Å². The van der Waals surface area contributed by atoms with Gasteiger partial charge in [0.25, 0.3) is 0 Å². The number of carbonyl (C=O) groups excluding carboxylic acids is 4. The van der Waals surface area contributed by atoms with Gasteiger partial charge in [0.05, 0.1) is 11.4 Å². The van der Waals surface area contributed by atoms with Crippen LogP contribution in [0.4, 0.5) is 16.2 Å². The normalized spacial score (nSPS) is 23.4. The largest absolute Gasteiger partial charge is 0.465 e. The van der Waals surface area contributed by atoms with Crippen molar-refractivity contribution >= 4 is 41.3 Å². The zero-order chi connectivity index (χ0) is 26.1. The number of ether oxygens (including phenoxy) is 4. The van der Waals surface area contributed by atoms with Crippen LogP contribution >= 0.6 is 0 Å². The fourth-order valence-electron chi connectivity index (χ4n) is 3.49. The van der Waals surface area contributed by atoms with Gasteiger partial charge in [0.2, 0.25) is 5.91 Å². The van der Waals surface area contributed by atoms with E-state index in [2.05, 4.69) is 16.0 Å². The molecule has 1 saturated heterocycles. The third kappa shape index (κ3) is 8.14. The van der Waals surface area contributed by atoms with Crippen LogP contribution in [-0.4, -0.2) is 72.2 Å². The third-order valence-corrected chi connectivity index (χ3v) is 4.86. The molecule has 1 aliphatic heterocycles. The van der Waals surface area contributed by atoms with Crippen LogP contribution in [0.2, 0.25) is 0 Å². The van der Waals surface area contributed by atoms with E-state index in [-0.39, 0.29) is 24.4 Å². The molecule has 0 spiro atoms. The van der Waals surface area contributed by atoms with Gasteiger partial charge in [-0.05, 0) is 12.1 Å². The zero-order valence-electron chi connectivity index (χ0n) is 19.7. The van der Waals surface area contributed by atoms with Crippen molar-refractivity contribution in [3.05, 3.63) is 24.3 Å². The molecule has 1 fully saturated rings. The minimum Gasteiger partial charge on any atom is -0.465 e. The topological polar surface area (TPSA) is 179 Å². The third-order valence-electron chi connectivity index (χ3n) is 4.86. The lowest BCUT2D eigenvalue weighted by Gasteiger charge is -2.45. The molecule has 0 radical (unpaired) electrons. The first-order chi connectivity index (χ1) is 16.5. The highest BCUT2D eigenvalue weighted by Gasteiger charge is 2.51. The maximum absolute atomic E-state index is 12.3. The molecule has 4 N–H and O–H groups in total. The number of benzene rings is 1. The number of rotatable bonds is 9. The number of hydrogen-bond acceptors (Lipinski definition) is 10. The van der Waals surface area contributed by atoms with Crippen molar-refractivity contribution in [3.63, 3.8) is 0 Å². The van der Waals surface area contributed by atoms with Gasteiger partial charge in [0, 0.05) is 27.2 Å². The second kappa shape index (κ2) is 12.6. The van der Waals surface area contributed by atoms with E-state index in [9.17, 15) is 24.0 Å². The predicted molar refractivity (Wildman–Crippen MR) is 120 cm³/mol. The number of esters is 3. The first-order valence-electron chi connectivity index (χ1n) is 10.8. The van der Waals surface area contributed by atoms with Crippen molar-refractivity contribution in [1.29, 1.82) is 0 Å². The van der Waals surface area contributed by atoms with Gasteiger partial charge in [-0.2, -0.15) is 0 Å². The van der Waals surface area contributed by atoms with Crippen molar-refractivity contribution in [3.8, 4) is 0 Å². The first kappa shape index (κ1) is 27.4. The molecule has 1 heterocycles. The van der Waals surface area contributed by atoms with E-state index in [0.29, 0.717) is 0 Å². The molecule has 2 rings (SSSR count). The summed E-state index contributed by atoms with van der Waals surface area (Å²) >= 11 is 0. The summed E-state index contributed by atoms with van der Waals surface area (Å²) in [4.78, 5) is 58.8. The fourth-order valence-corrected chi connectivity index (χ4v) is 3.49. The summed E-state index contributed by atoms with van der Waals surface area (Å²) in [5.74, 6) is -2.48. The number of anilines is 2. The Balaban J connectivity index is 2.52.